The Balaban J connectivity index is 2.95. The lowest BCUT2D eigenvalue weighted by Gasteiger charge is -1.87. The van der Waals surface area contributed by atoms with E-state index < -0.39 is 0 Å². The summed E-state index contributed by atoms with van der Waals surface area (Å²) in [6.07, 6.45) is 3.53. The molecule has 10 heavy (non-hydrogen) atoms. The van der Waals surface area contributed by atoms with Gasteiger partial charge in [0, 0.05) is 10.7 Å². The highest BCUT2D eigenvalue weighted by molar-refractivity contribution is 9.10. The van der Waals surface area contributed by atoms with Crippen molar-refractivity contribution in [3.8, 4) is 0 Å². The fourth-order valence-corrected chi connectivity index (χ4v) is 1.90. The average Bonchev–Trinajstić information content (AvgIpc) is 2.36. The van der Waals surface area contributed by atoms with Gasteiger partial charge in [-0.1, -0.05) is 0 Å². The first-order valence-corrected chi connectivity index (χ1v) is 4.29. The van der Waals surface area contributed by atoms with Crippen LogP contribution in [-0.4, -0.2) is 9.36 Å². The third kappa shape index (κ3) is 0.839. The van der Waals surface area contributed by atoms with Gasteiger partial charge in [-0.25, -0.2) is 0 Å². The van der Waals surface area contributed by atoms with Gasteiger partial charge in [0.05, 0.1) is 10.9 Å². The summed E-state index contributed by atoms with van der Waals surface area (Å²) in [6, 6.07) is 1.92. The zero-order valence-electron chi connectivity index (χ0n) is 4.91. The highest BCUT2D eigenvalue weighted by Gasteiger charge is 1.99. The maximum atomic E-state index is 4.12. The topological polar surface area (TPSA) is 25.8 Å². The van der Waals surface area contributed by atoms with Crippen molar-refractivity contribution in [3.05, 3.63) is 22.9 Å². The number of halogens is 1. The Kier molecular flexibility index (Phi) is 1.43. The Morgan fingerprint density at radius 1 is 1.50 bits per heavy atom. The van der Waals surface area contributed by atoms with E-state index in [0.717, 1.165) is 14.7 Å². The van der Waals surface area contributed by atoms with Crippen LogP contribution in [0.15, 0.2) is 22.9 Å². The number of hydrogen-bond acceptors (Lipinski definition) is 3. The molecule has 0 aliphatic heterocycles. The van der Waals surface area contributed by atoms with Crippen molar-refractivity contribution in [1.82, 2.24) is 9.36 Å². The molecule has 2 aromatic heterocycles. The van der Waals surface area contributed by atoms with Crippen LogP contribution in [0.3, 0.4) is 0 Å². The number of rotatable bonds is 0. The van der Waals surface area contributed by atoms with E-state index >= 15 is 0 Å². The van der Waals surface area contributed by atoms with E-state index in [1.54, 1.807) is 12.4 Å². The summed E-state index contributed by atoms with van der Waals surface area (Å²) in [5.41, 5.74) is 0.958. The van der Waals surface area contributed by atoms with Crippen LogP contribution in [-0.2, 0) is 0 Å². The van der Waals surface area contributed by atoms with E-state index in [1.807, 2.05) is 6.07 Å². The maximum absolute atomic E-state index is 4.12. The molecule has 50 valence electrons. The second kappa shape index (κ2) is 2.29. The smallest absolute Gasteiger partial charge is 0.102 e. The summed E-state index contributed by atoms with van der Waals surface area (Å²) in [5.74, 6) is 0. The van der Waals surface area contributed by atoms with Gasteiger partial charge in [0.15, 0.2) is 0 Å². The minimum absolute atomic E-state index is 0.958. The van der Waals surface area contributed by atoms with E-state index in [9.17, 15) is 0 Å². The molecule has 0 aromatic carbocycles. The number of nitrogens with zero attached hydrogens (tertiary/aromatic N) is 2. The summed E-state index contributed by atoms with van der Waals surface area (Å²) < 4.78 is 6.19. The third-order valence-electron chi connectivity index (χ3n) is 1.20. The minimum atomic E-state index is 0.958. The Morgan fingerprint density at radius 2 is 2.40 bits per heavy atom. The predicted octanol–water partition coefficient (Wildman–Crippen LogP) is 2.45. The van der Waals surface area contributed by atoms with Gasteiger partial charge in [0.2, 0.25) is 0 Å². The number of aromatic nitrogens is 2. The molecule has 4 heteroatoms. The van der Waals surface area contributed by atoms with Crippen LogP contribution in [0.2, 0.25) is 0 Å². The first kappa shape index (κ1) is 6.24. The van der Waals surface area contributed by atoms with Crippen LogP contribution in [0.5, 0.6) is 0 Å². The van der Waals surface area contributed by atoms with Crippen molar-refractivity contribution in [2.75, 3.05) is 0 Å². The molecule has 0 bridgehead atoms. The van der Waals surface area contributed by atoms with Crippen molar-refractivity contribution in [2.24, 2.45) is 0 Å². The quantitative estimate of drug-likeness (QED) is 0.674. The van der Waals surface area contributed by atoms with Crippen molar-refractivity contribution < 1.29 is 0 Å². The Bertz CT molecular complexity index is 357. The largest absolute Gasteiger partial charge is 0.254 e. The zero-order valence-corrected chi connectivity index (χ0v) is 7.32. The lowest BCUT2D eigenvalue weighted by atomic mass is 10.4. The Morgan fingerprint density at radius 3 is 3.20 bits per heavy atom. The van der Waals surface area contributed by atoms with E-state index in [0.29, 0.717) is 0 Å². The van der Waals surface area contributed by atoms with Crippen LogP contribution < -0.4 is 0 Å². The number of fused-ring (bicyclic) bond motifs is 1. The van der Waals surface area contributed by atoms with Gasteiger partial charge in [0.1, 0.15) is 5.52 Å². The van der Waals surface area contributed by atoms with E-state index in [2.05, 4.69) is 25.3 Å². The molecular formula is C6H3BrN2S. The zero-order chi connectivity index (χ0) is 6.97. The molecule has 0 amide bonds. The normalized spacial score (nSPS) is 10.5. The van der Waals surface area contributed by atoms with Crippen LogP contribution in [0.25, 0.3) is 10.2 Å². The van der Waals surface area contributed by atoms with Crippen molar-refractivity contribution in [3.63, 3.8) is 0 Å². The molecule has 2 rings (SSSR count). The summed E-state index contributed by atoms with van der Waals surface area (Å²) in [6.45, 7) is 0. The summed E-state index contributed by atoms with van der Waals surface area (Å²) >= 11 is 4.86. The number of hydrogen-bond donors (Lipinski definition) is 0. The SMILES string of the molecule is Brc1ccnc2cnsc12. The average molecular weight is 215 g/mol. The second-order valence-corrected chi connectivity index (χ2v) is 3.49. The highest BCUT2D eigenvalue weighted by Crippen LogP contribution is 2.24. The predicted molar refractivity (Wildman–Crippen MR) is 45.1 cm³/mol. The molecule has 0 fully saturated rings. The molecule has 2 aromatic rings. The fourth-order valence-electron chi connectivity index (χ4n) is 0.751. The van der Waals surface area contributed by atoms with Gasteiger partial charge >= 0.3 is 0 Å². The lowest BCUT2D eigenvalue weighted by Crippen LogP contribution is -1.70. The van der Waals surface area contributed by atoms with Gasteiger partial charge in [-0.2, -0.15) is 4.37 Å². The molecule has 0 aliphatic carbocycles. The molecular weight excluding hydrogens is 212 g/mol. The van der Waals surface area contributed by atoms with Gasteiger partial charge in [-0.05, 0) is 33.5 Å². The molecule has 0 unspecified atom stereocenters. The standard InChI is InChI=1S/C6H3BrN2S/c7-4-1-2-8-5-3-9-10-6(4)5/h1-3H. The molecule has 0 atom stereocenters. The first-order chi connectivity index (χ1) is 4.88. The minimum Gasteiger partial charge on any atom is -0.254 e. The summed E-state index contributed by atoms with van der Waals surface area (Å²) in [4.78, 5) is 4.12. The molecule has 0 saturated carbocycles. The van der Waals surface area contributed by atoms with E-state index in [4.69, 9.17) is 0 Å². The Labute approximate surface area is 70.2 Å². The molecule has 2 nitrogen and oxygen atoms in total. The summed E-state index contributed by atoms with van der Waals surface area (Å²) in [5, 5.41) is 0. The van der Waals surface area contributed by atoms with Crippen LogP contribution in [0.1, 0.15) is 0 Å². The molecule has 2 heterocycles. The monoisotopic (exact) mass is 214 g/mol. The van der Waals surface area contributed by atoms with Gasteiger partial charge in [0.25, 0.3) is 0 Å². The number of pyridine rings is 1. The van der Waals surface area contributed by atoms with Crippen LogP contribution >= 0.6 is 27.5 Å². The molecule has 0 saturated heterocycles. The molecule has 0 N–H and O–H groups in total. The molecule has 0 radical (unpaired) electrons. The summed E-state index contributed by atoms with van der Waals surface area (Å²) in [7, 11) is 0. The lowest BCUT2D eigenvalue weighted by molar-refractivity contribution is 1.40. The van der Waals surface area contributed by atoms with Crippen LogP contribution in [0, 0.1) is 0 Å². The van der Waals surface area contributed by atoms with Crippen molar-refractivity contribution >= 4 is 37.7 Å². The fraction of sp³-hybridized carbons (Fsp3) is 0. The van der Waals surface area contributed by atoms with Gasteiger partial charge in [-0.3, -0.25) is 4.98 Å². The van der Waals surface area contributed by atoms with Gasteiger partial charge < -0.3 is 0 Å². The maximum Gasteiger partial charge on any atom is 0.102 e. The third-order valence-corrected chi connectivity index (χ3v) is 2.95. The first-order valence-electron chi connectivity index (χ1n) is 2.73. The molecule has 0 aliphatic rings. The van der Waals surface area contributed by atoms with Crippen molar-refractivity contribution in [1.29, 1.82) is 0 Å². The molecule has 0 spiro atoms. The highest BCUT2D eigenvalue weighted by atomic mass is 79.9. The second-order valence-electron chi connectivity index (χ2n) is 1.83. The van der Waals surface area contributed by atoms with E-state index in [1.165, 1.54) is 11.5 Å². The van der Waals surface area contributed by atoms with Crippen LogP contribution in [0.4, 0.5) is 0 Å². The van der Waals surface area contributed by atoms with Crippen molar-refractivity contribution in [2.45, 2.75) is 0 Å². The van der Waals surface area contributed by atoms with Gasteiger partial charge in [-0.15, -0.1) is 0 Å². The van der Waals surface area contributed by atoms with E-state index in [-0.39, 0.29) is 0 Å². The Hall–Kier alpha value is -0.480.